The van der Waals surface area contributed by atoms with Crippen molar-refractivity contribution in [2.75, 3.05) is 40.4 Å². The van der Waals surface area contributed by atoms with Crippen molar-refractivity contribution in [1.29, 1.82) is 0 Å². The summed E-state index contributed by atoms with van der Waals surface area (Å²) in [5.41, 5.74) is 5.50. The van der Waals surface area contributed by atoms with Crippen LogP contribution < -0.4 is 5.32 Å². The first kappa shape index (κ1) is 59.4. The van der Waals surface area contributed by atoms with Crippen LogP contribution in [0.5, 0.6) is 0 Å². The summed E-state index contributed by atoms with van der Waals surface area (Å²) < 4.78 is 22.0. The lowest BCUT2D eigenvalue weighted by molar-refractivity contribution is -0.385. The SMILES string of the molecule is COC(=O)C1=C(C)NC(C)=C(C(=O)OC2CCCN(Cc3ccccc3)C2)C1c1cccc([N+](=O)[O-])c1.COC(=O)c1c(C)nc(C)c(C(=O)OC2CCCN(Cc3ccccc3)C2)c1-c1cccc([N+](=O)[O-])c1.Cl.Cl. The average molecular weight is 1080 g/mol. The van der Waals surface area contributed by atoms with E-state index in [-0.39, 0.29) is 76.2 Å². The van der Waals surface area contributed by atoms with Crippen molar-refractivity contribution < 1.29 is 48.0 Å². The molecular weight excluding hydrogens is 1020 g/mol. The molecule has 5 aromatic rings. The third-order valence-corrected chi connectivity index (χ3v) is 13.3. The number of nitrogens with zero attached hydrogens (tertiary/aromatic N) is 5. The number of ether oxygens (including phenoxy) is 4. The number of hydrogen-bond donors (Lipinski definition) is 1. The molecule has 402 valence electrons. The van der Waals surface area contributed by atoms with Gasteiger partial charge in [-0.25, -0.2) is 19.2 Å². The van der Waals surface area contributed by atoms with Crippen molar-refractivity contribution in [3.8, 4) is 11.1 Å². The molecule has 0 radical (unpaired) electrons. The van der Waals surface area contributed by atoms with Crippen LogP contribution in [0.2, 0.25) is 0 Å². The number of halogens is 2. The highest BCUT2D eigenvalue weighted by Crippen LogP contribution is 2.41. The minimum Gasteiger partial charge on any atom is -0.466 e. The number of hydrogen-bond acceptors (Lipinski definition) is 16. The fourth-order valence-electron chi connectivity index (χ4n) is 9.93. The van der Waals surface area contributed by atoms with Crippen LogP contribution in [-0.4, -0.2) is 101 Å². The molecule has 3 aliphatic heterocycles. The van der Waals surface area contributed by atoms with Crippen molar-refractivity contribution >= 4 is 60.1 Å². The summed E-state index contributed by atoms with van der Waals surface area (Å²) in [5.74, 6) is -3.35. The van der Waals surface area contributed by atoms with E-state index in [1.54, 1.807) is 45.9 Å². The van der Waals surface area contributed by atoms with Crippen LogP contribution in [0.15, 0.2) is 132 Å². The maximum atomic E-state index is 13.7. The first-order valence-electron chi connectivity index (χ1n) is 24.4. The zero-order valence-electron chi connectivity index (χ0n) is 43.1. The molecule has 0 saturated carbocycles. The zero-order valence-corrected chi connectivity index (χ0v) is 44.8. The predicted octanol–water partition coefficient (Wildman–Crippen LogP) is 9.94. The van der Waals surface area contributed by atoms with Crippen LogP contribution in [0.3, 0.4) is 0 Å². The normalized spacial score (nSPS) is 17.5. The van der Waals surface area contributed by atoms with Gasteiger partial charge in [-0.05, 0) is 88.7 Å². The Hall–Kier alpha value is -7.51. The van der Waals surface area contributed by atoms with Gasteiger partial charge < -0.3 is 24.3 Å². The van der Waals surface area contributed by atoms with Gasteiger partial charge >= 0.3 is 23.9 Å². The molecule has 0 aliphatic carbocycles. The number of pyridine rings is 1. The number of dihydropyridines is 1. The van der Waals surface area contributed by atoms with E-state index in [0.29, 0.717) is 53.4 Å². The molecule has 3 atom stereocenters. The lowest BCUT2D eigenvalue weighted by Gasteiger charge is -2.34. The van der Waals surface area contributed by atoms with Gasteiger partial charge in [-0.3, -0.25) is 35.0 Å². The van der Waals surface area contributed by atoms with Crippen molar-refractivity contribution in [3.63, 3.8) is 0 Å². The van der Waals surface area contributed by atoms with E-state index in [9.17, 15) is 39.4 Å². The smallest absolute Gasteiger partial charge is 0.340 e. The highest BCUT2D eigenvalue weighted by Gasteiger charge is 2.40. The van der Waals surface area contributed by atoms with Crippen LogP contribution in [0.1, 0.15) is 94.2 Å². The molecule has 20 heteroatoms. The number of benzene rings is 4. The van der Waals surface area contributed by atoms with Crippen molar-refractivity contribution in [2.45, 2.75) is 84.6 Å². The van der Waals surface area contributed by atoms with E-state index < -0.39 is 39.6 Å². The molecular formula is C56H62Cl2N6O12. The number of carbonyl (C=O) groups is 4. The van der Waals surface area contributed by atoms with Crippen LogP contribution in [-0.2, 0) is 41.6 Å². The van der Waals surface area contributed by atoms with Gasteiger partial charge in [0.1, 0.15) is 12.2 Å². The number of non-ortho nitro benzene ring substituents is 2. The van der Waals surface area contributed by atoms with E-state index in [1.165, 1.54) is 55.7 Å². The van der Waals surface area contributed by atoms with Gasteiger partial charge in [0.25, 0.3) is 11.4 Å². The fourth-order valence-corrected chi connectivity index (χ4v) is 9.93. The zero-order chi connectivity index (χ0) is 53.1. The van der Waals surface area contributed by atoms with Gasteiger partial charge in [0, 0.05) is 67.4 Å². The quantitative estimate of drug-likeness (QED) is 0.0473. The lowest BCUT2D eigenvalue weighted by atomic mass is 9.80. The molecule has 2 fully saturated rings. The Kier molecular flexibility index (Phi) is 21.3. The molecule has 0 spiro atoms. The number of allylic oxidation sites excluding steroid dienone is 2. The van der Waals surface area contributed by atoms with E-state index >= 15 is 0 Å². The largest absolute Gasteiger partial charge is 0.466 e. The van der Waals surface area contributed by atoms with Crippen LogP contribution >= 0.6 is 24.8 Å². The minimum atomic E-state index is -0.870. The number of rotatable bonds is 14. The number of aryl methyl sites for hydroxylation is 2. The van der Waals surface area contributed by atoms with Crippen LogP contribution in [0.25, 0.3) is 11.1 Å². The summed E-state index contributed by atoms with van der Waals surface area (Å²) >= 11 is 0. The number of nitro groups is 2. The first-order valence-corrected chi connectivity index (χ1v) is 24.4. The van der Waals surface area contributed by atoms with Crippen molar-refractivity contribution in [2.24, 2.45) is 0 Å². The second kappa shape index (κ2) is 27.3. The molecule has 0 amide bonds. The highest BCUT2D eigenvalue weighted by atomic mass is 35.5. The van der Waals surface area contributed by atoms with E-state index in [4.69, 9.17) is 18.9 Å². The lowest BCUT2D eigenvalue weighted by Crippen LogP contribution is -2.41. The average Bonchev–Trinajstić information content (AvgIpc) is 3.38. The Balaban J connectivity index is 0.000000274. The number of esters is 4. The number of aromatic nitrogens is 1. The number of nitrogens with one attached hydrogen (secondary N) is 1. The van der Waals surface area contributed by atoms with E-state index in [2.05, 4.69) is 44.4 Å². The number of methoxy groups -OCH3 is 2. The number of likely N-dealkylation sites (tertiary alicyclic amines) is 2. The standard InChI is InChI=1S/C28H31N3O6.C28H29N3O6.2ClH/c2*1-18-24(27(32)36-3)26(21-11-7-12-22(15-21)31(34)35)25(19(2)29-18)28(33)37-23-13-8-14-30(17-23)16-20-9-5-4-6-10-20;;/h4-7,9-12,15,23,26,29H,8,13-14,16-17H2,1-3H3;4-7,9-12,15,23H,8,13-14,16-17H2,1-3H3;2*1H. The van der Waals surface area contributed by atoms with Gasteiger partial charge in [0.2, 0.25) is 0 Å². The number of piperidine rings is 2. The molecule has 4 heterocycles. The van der Waals surface area contributed by atoms with Crippen LogP contribution in [0.4, 0.5) is 11.4 Å². The fraction of sp³-hybridized carbons (Fsp3) is 0.339. The highest BCUT2D eigenvalue weighted by molar-refractivity contribution is 6.07. The summed E-state index contributed by atoms with van der Waals surface area (Å²) in [6.45, 7) is 11.3. The molecule has 3 aliphatic rings. The Labute approximate surface area is 453 Å². The topological polar surface area (TPSA) is 223 Å². The molecule has 0 bridgehead atoms. The first-order chi connectivity index (χ1) is 35.6. The molecule has 1 aromatic heterocycles. The predicted molar refractivity (Wildman–Crippen MR) is 289 cm³/mol. The Morgan fingerprint density at radius 1 is 0.605 bits per heavy atom. The Morgan fingerprint density at radius 2 is 1.07 bits per heavy atom. The van der Waals surface area contributed by atoms with E-state index in [1.807, 2.05) is 36.4 Å². The second-order valence-electron chi connectivity index (χ2n) is 18.5. The molecule has 8 rings (SSSR count). The minimum absolute atomic E-state index is 0. The summed E-state index contributed by atoms with van der Waals surface area (Å²) in [5, 5.41) is 26.0. The monoisotopic (exact) mass is 1080 g/mol. The van der Waals surface area contributed by atoms with Gasteiger partial charge in [-0.2, -0.15) is 0 Å². The third-order valence-electron chi connectivity index (χ3n) is 13.3. The second-order valence-corrected chi connectivity index (χ2v) is 18.5. The maximum Gasteiger partial charge on any atom is 0.340 e. The molecule has 4 aromatic carbocycles. The summed E-state index contributed by atoms with van der Waals surface area (Å²) in [6.07, 6.45) is 2.56. The Bertz CT molecular complexity index is 2990. The van der Waals surface area contributed by atoms with Gasteiger partial charge in [0.05, 0.1) is 63.6 Å². The van der Waals surface area contributed by atoms with Crippen molar-refractivity contribution in [1.82, 2.24) is 20.1 Å². The van der Waals surface area contributed by atoms with Gasteiger partial charge in [0.15, 0.2) is 0 Å². The maximum absolute atomic E-state index is 13.7. The summed E-state index contributed by atoms with van der Waals surface area (Å²) in [4.78, 5) is 83.7. The summed E-state index contributed by atoms with van der Waals surface area (Å²) in [7, 11) is 2.50. The van der Waals surface area contributed by atoms with Gasteiger partial charge in [-0.1, -0.05) is 84.9 Å². The molecule has 2 saturated heterocycles. The number of carbonyl (C=O) groups excluding carboxylic acids is 4. The third kappa shape index (κ3) is 14.4. The molecule has 18 nitrogen and oxygen atoms in total. The Morgan fingerprint density at radius 3 is 1.57 bits per heavy atom. The van der Waals surface area contributed by atoms with Gasteiger partial charge in [-0.15, -0.1) is 24.8 Å². The molecule has 3 unspecified atom stereocenters. The molecule has 1 N–H and O–H groups in total. The summed E-state index contributed by atoms with van der Waals surface area (Å²) in [6, 6.07) is 32.0. The van der Waals surface area contributed by atoms with Crippen molar-refractivity contribution in [3.05, 3.63) is 191 Å². The van der Waals surface area contributed by atoms with Crippen LogP contribution in [0, 0.1) is 34.1 Å². The van der Waals surface area contributed by atoms with E-state index in [0.717, 1.165) is 45.4 Å². The number of nitro benzene ring substituents is 2. The molecule has 76 heavy (non-hydrogen) atoms.